The number of aliphatic hydroxyl groups is 1. The molecule has 1 rings (SSSR count). The van der Waals surface area contributed by atoms with Crippen LogP contribution < -0.4 is 0 Å². The second kappa shape index (κ2) is 4.88. The summed E-state index contributed by atoms with van der Waals surface area (Å²) in [5.41, 5.74) is 0. The van der Waals surface area contributed by atoms with Crippen molar-refractivity contribution in [3.8, 4) is 12.3 Å². The lowest BCUT2D eigenvalue weighted by Gasteiger charge is -2.21. The van der Waals surface area contributed by atoms with Crippen LogP contribution in [0.4, 0.5) is 0 Å². The van der Waals surface area contributed by atoms with E-state index >= 15 is 0 Å². The number of aliphatic hydroxyl groups excluding tert-OH is 1. The molecule has 3 nitrogen and oxygen atoms in total. The SMILES string of the molecule is C#CC(=O)N1CCCC1CCCO. The molecule has 1 aliphatic heterocycles. The molecule has 1 N–H and O–H groups in total. The molecule has 3 heteroatoms. The molecular formula is C10H15NO2. The number of carbonyl (C=O) groups is 1. The highest BCUT2D eigenvalue weighted by Gasteiger charge is 2.26. The first-order chi connectivity index (χ1) is 6.29. The molecule has 13 heavy (non-hydrogen) atoms. The number of nitrogens with zero attached hydrogens (tertiary/aromatic N) is 1. The normalized spacial score (nSPS) is 21.5. The van der Waals surface area contributed by atoms with Gasteiger partial charge in [-0.3, -0.25) is 4.79 Å². The first-order valence-corrected chi connectivity index (χ1v) is 4.67. The van der Waals surface area contributed by atoms with Crippen molar-refractivity contribution in [1.29, 1.82) is 0 Å². The Morgan fingerprint density at radius 1 is 1.69 bits per heavy atom. The molecule has 0 aromatic carbocycles. The molecule has 1 amide bonds. The molecule has 0 saturated carbocycles. The van der Waals surface area contributed by atoms with Crippen LogP contribution in [0.2, 0.25) is 0 Å². The molecule has 0 spiro atoms. The van der Waals surface area contributed by atoms with E-state index in [1.165, 1.54) is 0 Å². The molecule has 0 radical (unpaired) electrons. The number of hydrogen-bond acceptors (Lipinski definition) is 2. The van der Waals surface area contributed by atoms with Crippen molar-refractivity contribution in [2.45, 2.75) is 31.7 Å². The molecule has 0 aliphatic carbocycles. The Morgan fingerprint density at radius 3 is 3.08 bits per heavy atom. The van der Waals surface area contributed by atoms with Gasteiger partial charge in [0.05, 0.1) is 0 Å². The van der Waals surface area contributed by atoms with Crippen molar-refractivity contribution in [3.63, 3.8) is 0 Å². The Kier molecular flexibility index (Phi) is 3.78. The van der Waals surface area contributed by atoms with Crippen molar-refractivity contribution in [2.75, 3.05) is 13.2 Å². The van der Waals surface area contributed by atoms with Gasteiger partial charge in [-0.2, -0.15) is 0 Å². The van der Waals surface area contributed by atoms with Gasteiger partial charge < -0.3 is 10.0 Å². The van der Waals surface area contributed by atoms with E-state index in [4.69, 9.17) is 11.5 Å². The quantitative estimate of drug-likeness (QED) is 0.639. The summed E-state index contributed by atoms with van der Waals surface area (Å²) in [5.74, 6) is 1.93. The number of amides is 1. The zero-order valence-electron chi connectivity index (χ0n) is 7.70. The summed E-state index contributed by atoms with van der Waals surface area (Å²) in [4.78, 5) is 13.0. The van der Waals surface area contributed by atoms with E-state index in [0.717, 1.165) is 32.2 Å². The largest absolute Gasteiger partial charge is 0.396 e. The van der Waals surface area contributed by atoms with Crippen molar-refractivity contribution in [1.82, 2.24) is 4.90 Å². The van der Waals surface area contributed by atoms with E-state index in [1.807, 2.05) is 0 Å². The van der Waals surface area contributed by atoms with Crippen LogP contribution in [0.5, 0.6) is 0 Å². The summed E-state index contributed by atoms with van der Waals surface area (Å²) < 4.78 is 0. The maximum absolute atomic E-state index is 11.2. The number of likely N-dealkylation sites (tertiary alicyclic amines) is 1. The first-order valence-electron chi connectivity index (χ1n) is 4.67. The molecule has 1 unspecified atom stereocenters. The van der Waals surface area contributed by atoms with Crippen LogP contribution in [-0.4, -0.2) is 35.1 Å². The second-order valence-electron chi connectivity index (χ2n) is 3.30. The molecule has 0 aromatic heterocycles. The van der Waals surface area contributed by atoms with Gasteiger partial charge in [0.25, 0.3) is 5.91 Å². The van der Waals surface area contributed by atoms with Crippen molar-refractivity contribution in [2.24, 2.45) is 0 Å². The zero-order valence-corrected chi connectivity index (χ0v) is 7.70. The fourth-order valence-corrected chi connectivity index (χ4v) is 1.81. The summed E-state index contributed by atoms with van der Waals surface area (Å²) in [6.45, 7) is 0.966. The maximum Gasteiger partial charge on any atom is 0.298 e. The molecule has 1 heterocycles. The Balaban J connectivity index is 2.45. The number of terminal acetylenes is 1. The van der Waals surface area contributed by atoms with Gasteiger partial charge in [-0.25, -0.2) is 0 Å². The molecule has 1 aliphatic rings. The second-order valence-corrected chi connectivity index (χ2v) is 3.30. The number of hydrogen-bond donors (Lipinski definition) is 1. The standard InChI is InChI=1S/C10H15NO2/c1-2-10(13)11-7-3-5-9(11)6-4-8-12/h1,9,12H,3-8H2. The lowest BCUT2D eigenvalue weighted by molar-refractivity contribution is -0.126. The molecule has 72 valence electrons. The van der Waals surface area contributed by atoms with Crippen LogP contribution in [0.1, 0.15) is 25.7 Å². The lowest BCUT2D eigenvalue weighted by atomic mass is 10.1. The predicted octanol–water partition coefficient (Wildman–Crippen LogP) is 0.383. The molecule has 1 saturated heterocycles. The third-order valence-electron chi connectivity index (χ3n) is 2.46. The summed E-state index contributed by atoms with van der Waals surface area (Å²) in [5, 5.41) is 8.66. The molecular weight excluding hydrogens is 166 g/mol. The summed E-state index contributed by atoms with van der Waals surface area (Å²) in [7, 11) is 0. The van der Waals surface area contributed by atoms with Crippen LogP contribution in [0.15, 0.2) is 0 Å². The lowest BCUT2D eigenvalue weighted by Crippen LogP contribution is -2.34. The van der Waals surface area contributed by atoms with Gasteiger partial charge in [-0.15, -0.1) is 6.42 Å². The Hall–Kier alpha value is -1.01. The maximum atomic E-state index is 11.2. The van der Waals surface area contributed by atoms with E-state index in [9.17, 15) is 4.79 Å². The summed E-state index contributed by atoms with van der Waals surface area (Å²) in [6.07, 6.45) is 8.72. The smallest absolute Gasteiger partial charge is 0.298 e. The van der Waals surface area contributed by atoms with Crippen molar-refractivity contribution < 1.29 is 9.90 Å². The van der Waals surface area contributed by atoms with Crippen LogP contribution >= 0.6 is 0 Å². The Morgan fingerprint density at radius 2 is 2.46 bits per heavy atom. The third kappa shape index (κ3) is 2.46. The highest BCUT2D eigenvalue weighted by Crippen LogP contribution is 2.20. The van der Waals surface area contributed by atoms with Gasteiger partial charge in [0.15, 0.2) is 0 Å². The average Bonchev–Trinajstić information content (AvgIpc) is 2.61. The van der Waals surface area contributed by atoms with Crippen molar-refractivity contribution >= 4 is 5.91 Å². The fourth-order valence-electron chi connectivity index (χ4n) is 1.81. The first kappa shape index (κ1) is 10.1. The van der Waals surface area contributed by atoms with E-state index in [2.05, 4.69) is 5.92 Å². The Labute approximate surface area is 78.7 Å². The number of carbonyl (C=O) groups excluding carboxylic acids is 1. The minimum atomic E-state index is -0.208. The van der Waals surface area contributed by atoms with Gasteiger partial charge in [-0.05, 0) is 31.6 Å². The van der Waals surface area contributed by atoms with Gasteiger partial charge in [-0.1, -0.05) is 0 Å². The van der Waals surface area contributed by atoms with E-state index in [1.54, 1.807) is 4.90 Å². The topological polar surface area (TPSA) is 40.5 Å². The summed E-state index contributed by atoms with van der Waals surface area (Å²) >= 11 is 0. The van der Waals surface area contributed by atoms with Crippen LogP contribution in [0, 0.1) is 12.3 Å². The van der Waals surface area contributed by atoms with Crippen LogP contribution in [0.25, 0.3) is 0 Å². The van der Waals surface area contributed by atoms with Crippen LogP contribution in [-0.2, 0) is 4.79 Å². The minimum absolute atomic E-state index is 0.189. The van der Waals surface area contributed by atoms with Gasteiger partial charge >= 0.3 is 0 Å². The molecule has 0 aromatic rings. The predicted molar refractivity (Wildman–Crippen MR) is 49.9 cm³/mol. The van der Waals surface area contributed by atoms with E-state index < -0.39 is 0 Å². The highest BCUT2D eigenvalue weighted by atomic mass is 16.3. The average molecular weight is 181 g/mol. The van der Waals surface area contributed by atoms with Gasteiger partial charge in [0.1, 0.15) is 0 Å². The summed E-state index contributed by atoms with van der Waals surface area (Å²) in [6, 6.07) is 0.260. The minimum Gasteiger partial charge on any atom is -0.396 e. The molecule has 1 atom stereocenters. The highest BCUT2D eigenvalue weighted by molar-refractivity contribution is 5.93. The Bertz CT molecular complexity index is 219. The fraction of sp³-hybridized carbons (Fsp3) is 0.700. The van der Waals surface area contributed by atoms with E-state index in [-0.39, 0.29) is 18.6 Å². The van der Waals surface area contributed by atoms with Crippen LogP contribution in [0.3, 0.4) is 0 Å². The zero-order chi connectivity index (χ0) is 9.68. The monoisotopic (exact) mass is 181 g/mol. The third-order valence-corrected chi connectivity index (χ3v) is 2.46. The van der Waals surface area contributed by atoms with Gasteiger partial charge in [0.2, 0.25) is 0 Å². The van der Waals surface area contributed by atoms with E-state index in [0.29, 0.717) is 0 Å². The van der Waals surface area contributed by atoms with Gasteiger partial charge in [0, 0.05) is 19.2 Å². The molecule has 1 fully saturated rings. The molecule has 0 bridgehead atoms. The number of rotatable bonds is 3. The van der Waals surface area contributed by atoms with Crippen molar-refractivity contribution in [3.05, 3.63) is 0 Å².